The maximum Gasteiger partial charge on any atom is 0.133 e. The highest BCUT2D eigenvalue weighted by Gasteiger charge is 2.16. The molecule has 6 nitrogen and oxygen atoms in total. The first-order valence-corrected chi connectivity index (χ1v) is 8.32. The molecule has 1 aromatic heterocycles. The van der Waals surface area contributed by atoms with Crippen molar-refractivity contribution in [2.75, 3.05) is 46.9 Å². The summed E-state index contributed by atoms with van der Waals surface area (Å²) >= 11 is 1.79. The van der Waals surface area contributed by atoms with Crippen molar-refractivity contribution in [1.29, 1.82) is 0 Å². The van der Waals surface area contributed by atoms with E-state index in [-0.39, 0.29) is 6.54 Å². The summed E-state index contributed by atoms with van der Waals surface area (Å²) in [6, 6.07) is 8.31. The summed E-state index contributed by atoms with van der Waals surface area (Å²) in [5.41, 5.74) is 5.87. The molecule has 23 heavy (non-hydrogen) atoms. The predicted molar refractivity (Wildman–Crippen MR) is 95.7 cm³/mol. The Morgan fingerprint density at radius 1 is 1.26 bits per heavy atom. The maximum absolute atomic E-state index is 9.05. The van der Waals surface area contributed by atoms with Crippen LogP contribution in [0, 0.1) is 0 Å². The van der Waals surface area contributed by atoms with E-state index in [0.29, 0.717) is 6.29 Å². The van der Waals surface area contributed by atoms with Gasteiger partial charge in [-0.2, -0.15) is 0 Å². The predicted octanol–water partition coefficient (Wildman–Crippen LogP) is 1.45. The topological polar surface area (TPSA) is 63.7 Å². The largest absolute Gasteiger partial charge is 0.496 e. The number of piperazine rings is 1. The van der Waals surface area contributed by atoms with E-state index in [1.54, 1.807) is 19.2 Å². The van der Waals surface area contributed by atoms with Crippen molar-refractivity contribution in [3.8, 4) is 5.75 Å². The molecule has 1 aliphatic heterocycles. The van der Waals surface area contributed by atoms with Crippen LogP contribution in [0.25, 0.3) is 10.9 Å². The lowest BCUT2D eigenvalue weighted by Gasteiger charge is -2.31. The number of hydrogen-bond acceptors (Lipinski definition) is 6. The summed E-state index contributed by atoms with van der Waals surface area (Å²) in [5.74, 6) is 0.940. The van der Waals surface area contributed by atoms with Crippen LogP contribution in [0.4, 0.5) is 0 Å². The van der Waals surface area contributed by atoms with Crippen LogP contribution in [-0.2, 0) is 4.79 Å². The number of methoxy groups -OCH3 is 1. The van der Waals surface area contributed by atoms with Crippen LogP contribution in [-0.4, -0.2) is 66.3 Å². The van der Waals surface area contributed by atoms with E-state index >= 15 is 0 Å². The van der Waals surface area contributed by atoms with Gasteiger partial charge >= 0.3 is 0 Å². The molecular formula is C16H24N4O2S. The van der Waals surface area contributed by atoms with Gasteiger partial charge in [-0.15, -0.1) is 0 Å². The number of benzene rings is 1. The number of carbonyl (C=O) groups is 1. The van der Waals surface area contributed by atoms with E-state index < -0.39 is 0 Å². The molecule has 1 saturated heterocycles. The fourth-order valence-corrected chi connectivity index (χ4v) is 3.30. The van der Waals surface area contributed by atoms with Crippen molar-refractivity contribution in [2.45, 2.75) is 0 Å². The summed E-state index contributed by atoms with van der Waals surface area (Å²) < 4.78 is 10.0. The number of fused-ring (bicyclic) bond motifs is 1. The molecule has 2 N–H and O–H groups in total. The zero-order valence-corrected chi connectivity index (χ0v) is 14.5. The molecule has 126 valence electrons. The number of nitrogens with zero attached hydrogens (tertiary/aromatic N) is 3. The summed E-state index contributed by atoms with van der Waals surface area (Å²) in [6.45, 7) is 4.61. The van der Waals surface area contributed by atoms with Gasteiger partial charge in [0.2, 0.25) is 0 Å². The molecule has 0 unspecified atom stereocenters. The van der Waals surface area contributed by atoms with Crippen LogP contribution in [0.3, 0.4) is 0 Å². The van der Waals surface area contributed by atoms with E-state index in [4.69, 9.17) is 9.53 Å². The lowest BCUT2D eigenvalue weighted by atomic mass is 10.2. The van der Waals surface area contributed by atoms with Crippen molar-refractivity contribution >= 4 is 29.3 Å². The van der Waals surface area contributed by atoms with Crippen LogP contribution < -0.4 is 10.5 Å². The fraction of sp³-hybridized carbons (Fsp3) is 0.438. The Labute approximate surface area is 141 Å². The van der Waals surface area contributed by atoms with Gasteiger partial charge in [0.25, 0.3) is 0 Å². The van der Waals surface area contributed by atoms with Gasteiger partial charge in [-0.3, -0.25) is 3.97 Å². The third-order valence-electron chi connectivity index (χ3n) is 3.64. The van der Waals surface area contributed by atoms with Crippen LogP contribution >= 0.6 is 12.1 Å². The number of nitrogens with two attached hydrogens (primary N) is 1. The Hall–Kier alpha value is -1.54. The van der Waals surface area contributed by atoms with Gasteiger partial charge in [0.15, 0.2) is 0 Å². The van der Waals surface area contributed by atoms with Crippen LogP contribution in [0.5, 0.6) is 5.75 Å². The normalized spacial score (nSPS) is 16.0. The molecule has 0 aliphatic carbocycles. The standard InChI is InChI=1S/C14H19N3OS.C2H5NO/c1-15-8-10-16(11-9-15)19-17-7-6-12-13(17)4-3-5-14(12)18-2;3-1-2-4/h3-7H,8-11H2,1-2H3;2H,1,3H2. The van der Waals surface area contributed by atoms with Gasteiger partial charge < -0.3 is 20.2 Å². The minimum Gasteiger partial charge on any atom is -0.496 e. The molecule has 0 amide bonds. The maximum atomic E-state index is 9.05. The number of carbonyl (C=O) groups excluding carboxylic acids is 1. The second kappa shape index (κ2) is 8.93. The molecule has 2 aromatic rings. The summed E-state index contributed by atoms with van der Waals surface area (Å²) in [6.07, 6.45) is 2.77. The second-order valence-electron chi connectivity index (χ2n) is 5.25. The zero-order valence-electron chi connectivity index (χ0n) is 13.6. The summed E-state index contributed by atoms with van der Waals surface area (Å²) in [7, 11) is 3.90. The quantitative estimate of drug-likeness (QED) is 0.673. The van der Waals surface area contributed by atoms with Crippen LogP contribution in [0.2, 0.25) is 0 Å². The van der Waals surface area contributed by atoms with Gasteiger partial charge in [-0.05, 0) is 25.2 Å². The molecule has 1 fully saturated rings. The van der Waals surface area contributed by atoms with Gasteiger partial charge in [0.05, 0.1) is 12.6 Å². The van der Waals surface area contributed by atoms with E-state index in [1.807, 2.05) is 12.1 Å². The number of rotatable bonds is 4. The van der Waals surface area contributed by atoms with Gasteiger partial charge in [-0.25, -0.2) is 4.31 Å². The number of aromatic nitrogens is 1. The molecule has 0 bridgehead atoms. The lowest BCUT2D eigenvalue weighted by Crippen LogP contribution is -2.41. The summed E-state index contributed by atoms with van der Waals surface area (Å²) in [4.78, 5) is 11.4. The van der Waals surface area contributed by atoms with Crippen molar-refractivity contribution in [1.82, 2.24) is 13.2 Å². The van der Waals surface area contributed by atoms with Crippen LogP contribution in [0.1, 0.15) is 0 Å². The molecule has 0 radical (unpaired) electrons. The Morgan fingerprint density at radius 3 is 2.57 bits per heavy atom. The molecule has 7 heteroatoms. The monoisotopic (exact) mass is 336 g/mol. The average Bonchev–Trinajstić information content (AvgIpc) is 3.00. The minimum absolute atomic E-state index is 0.139. The zero-order chi connectivity index (χ0) is 16.7. The summed E-state index contributed by atoms with van der Waals surface area (Å²) in [5, 5.41) is 1.17. The van der Waals surface area contributed by atoms with Gasteiger partial charge in [-0.1, -0.05) is 6.07 Å². The highest BCUT2D eigenvalue weighted by atomic mass is 32.2. The SMILES string of the molecule is COc1cccc2c1ccn2SN1CCN(C)CC1.NCC=O. The Kier molecular flexibility index (Phi) is 6.91. The number of likely N-dealkylation sites (N-methyl/N-ethyl adjacent to an activating group) is 1. The smallest absolute Gasteiger partial charge is 0.133 e. The highest BCUT2D eigenvalue weighted by molar-refractivity contribution is 7.95. The van der Waals surface area contributed by atoms with E-state index in [0.717, 1.165) is 31.9 Å². The average molecular weight is 336 g/mol. The second-order valence-corrected chi connectivity index (χ2v) is 6.32. The third-order valence-corrected chi connectivity index (χ3v) is 4.73. The lowest BCUT2D eigenvalue weighted by molar-refractivity contribution is -0.106. The number of ether oxygens (including phenoxy) is 1. The van der Waals surface area contributed by atoms with Crippen molar-refractivity contribution in [3.63, 3.8) is 0 Å². The van der Waals surface area contributed by atoms with Crippen molar-refractivity contribution < 1.29 is 9.53 Å². The Morgan fingerprint density at radius 2 is 1.96 bits per heavy atom. The van der Waals surface area contributed by atoms with Gasteiger partial charge in [0, 0.05) is 56.4 Å². The van der Waals surface area contributed by atoms with Crippen molar-refractivity contribution in [2.24, 2.45) is 5.73 Å². The van der Waals surface area contributed by atoms with Crippen molar-refractivity contribution in [3.05, 3.63) is 30.5 Å². The molecule has 1 aliphatic rings. The molecule has 0 spiro atoms. The van der Waals surface area contributed by atoms with Crippen LogP contribution in [0.15, 0.2) is 30.5 Å². The highest BCUT2D eigenvalue weighted by Crippen LogP contribution is 2.30. The number of aldehydes is 1. The Bertz CT molecular complexity index is 624. The Balaban J connectivity index is 0.000000433. The third kappa shape index (κ3) is 4.71. The molecular weight excluding hydrogens is 312 g/mol. The minimum atomic E-state index is 0.139. The van der Waals surface area contributed by atoms with E-state index in [2.05, 4.69) is 44.3 Å². The van der Waals surface area contributed by atoms with E-state index in [9.17, 15) is 0 Å². The first-order chi connectivity index (χ1) is 11.2. The van der Waals surface area contributed by atoms with E-state index in [1.165, 1.54) is 10.9 Å². The fourth-order valence-electron chi connectivity index (χ4n) is 2.36. The number of hydrogen-bond donors (Lipinski definition) is 1. The first-order valence-electron chi connectivity index (χ1n) is 7.59. The first kappa shape index (κ1) is 17.8. The molecule has 2 heterocycles. The molecule has 1 aromatic carbocycles. The molecule has 0 atom stereocenters. The van der Waals surface area contributed by atoms with Gasteiger partial charge in [0.1, 0.15) is 12.0 Å². The molecule has 3 rings (SSSR count). The molecule has 0 saturated carbocycles.